The molecule has 0 heterocycles. The Balaban J connectivity index is 1.89. The predicted molar refractivity (Wildman–Crippen MR) is 103 cm³/mol. The van der Waals surface area contributed by atoms with Gasteiger partial charge in [0.1, 0.15) is 0 Å². The van der Waals surface area contributed by atoms with E-state index in [1.807, 2.05) is 56.3 Å². The first-order valence-electron chi connectivity index (χ1n) is 8.81. The first-order chi connectivity index (χ1) is 12.4. The molecule has 0 bridgehead atoms. The zero-order valence-corrected chi connectivity index (χ0v) is 15.6. The zero-order chi connectivity index (χ0) is 19.1. The molecule has 2 amide bonds. The van der Waals surface area contributed by atoms with E-state index in [1.54, 1.807) is 24.1 Å². The minimum atomic E-state index is -0.241. The Morgan fingerprint density at radius 2 is 1.65 bits per heavy atom. The SMILES string of the molecule is CC(C)C(=O)N(C)Cc1ccc(C(=O)NCC(N)c2ccccc2)cc1. The van der Waals surface area contributed by atoms with Crippen molar-refractivity contribution in [1.29, 1.82) is 0 Å². The molecule has 26 heavy (non-hydrogen) atoms. The molecule has 0 aliphatic carbocycles. The average molecular weight is 353 g/mol. The second-order valence-electron chi connectivity index (χ2n) is 6.77. The highest BCUT2D eigenvalue weighted by atomic mass is 16.2. The van der Waals surface area contributed by atoms with Crippen LogP contribution in [-0.2, 0) is 11.3 Å². The maximum absolute atomic E-state index is 12.3. The van der Waals surface area contributed by atoms with Gasteiger partial charge in [-0.2, -0.15) is 0 Å². The summed E-state index contributed by atoms with van der Waals surface area (Å²) in [6.07, 6.45) is 0. The second kappa shape index (κ2) is 9.15. The lowest BCUT2D eigenvalue weighted by Gasteiger charge is -2.19. The van der Waals surface area contributed by atoms with E-state index in [0.29, 0.717) is 18.7 Å². The van der Waals surface area contributed by atoms with E-state index in [9.17, 15) is 9.59 Å². The van der Waals surface area contributed by atoms with Gasteiger partial charge in [0.2, 0.25) is 5.91 Å². The molecule has 2 aromatic rings. The molecule has 2 aromatic carbocycles. The van der Waals surface area contributed by atoms with Gasteiger partial charge in [-0.1, -0.05) is 56.3 Å². The van der Waals surface area contributed by atoms with Crippen LogP contribution in [0.4, 0.5) is 0 Å². The molecule has 0 saturated carbocycles. The number of benzene rings is 2. The topological polar surface area (TPSA) is 75.4 Å². The number of hydrogen-bond donors (Lipinski definition) is 2. The van der Waals surface area contributed by atoms with Crippen LogP contribution in [0.5, 0.6) is 0 Å². The molecule has 1 atom stereocenters. The van der Waals surface area contributed by atoms with Crippen molar-refractivity contribution in [3.05, 3.63) is 71.3 Å². The lowest BCUT2D eigenvalue weighted by molar-refractivity contribution is -0.133. The Kier molecular flexibility index (Phi) is 6.92. The van der Waals surface area contributed by atoms with Crippen molar-refractivity contribution in [2.24, 2.45) is 11.7 Å². The summed E-state index contributed by atoms with van der Waals surface area (Å²) in [7, 11) is 1.79. The van der Waals surface area contributed by atoms with E-state index in [4.69, 9.17) is 5.73 Å². The third-order valence-electron chi connectivity index (χ3n) is 4.22. The van der Waals surface area contributed by atoms with Crippen molar-refractivity contribution < 1.29 is 9.59 Å². The summed E-state index contributed by atoms with van der Waals surface area (Å²) in [6, 6.07) is 16.7. The summed E-state index contributed by atoms with van der Waals surface area (Å²) >= 11 is 0. The van der Waals surface area contributed by atoms with Crippen molar-refractivity contribution in [3.63, 3.8) is 0 Å². The minimum absolute atomic E-state index is 0.0288. The molecule has 138 valence electrons. The Morgan fingerprint density at radius 1 is 1.04 bits per heavy atom. The number of carbonyl (C=O) groups excluding carboxylic acids is 2. The predicted octanol–water partition coefficient (Wildman–Crippen LogP) is 2.73. The molecule has 0 aliphatic rings. The number of rotatable bonds is 7. The number of carbonyl (C=O) groups is 2. The fourth-order valence-electron chi connectivity index (χ4n) is 2.68. The maximum atomic E-state index is 12.3. The lowest BCUT2D eigenvalue weighted by Crippen LogP contribution is -2.32. The smallest absolute Gasteiger partial charge is 0.251 e. The minimum Gasteiger partial charge on any atom is -0.350 e. The molecule has 0 aliphatic heterocycles. The normalized spacial score (nSPS) is 11.9. The number of nitrogens with zero attached hydrogens (tertiary/aromatic N) is 1. The van der Waals surface area contributed by atoms with Crippen molar-refractivity contribution in [1.82, 2.24) is 10.2 Å². The molecule has 0 aromatic heterocycles. The number of hydrogen-bond acceptors (Lipinski definition) is 3. The highest BCUT2D eigenvalue weighted by Crippen LogP contribution is 2.11. The fourth-order valence-corrected chi connectivity index (χ4v) is 2.68. The van der Waals surface area contributed by atoms with E-state index in [0.717, 1.165) is 11.1 Å². The van der Waals surface area contributed by atoms with Crippen LogP contribution in [-0.4, -0.2) is 30.3 Å². The summed E-state index contributed by atoms with van der Waals surface area (Å²) < 4.78 is 0. The molecule has 0 radical (unpaired) electrons. The van der Waals surface area contributed by atoms with E-state index < -0.39 is 0 Å². The van der Waals surface area contributed by atoms with Crippen LogP contribution < -0.4 is 11.1 Å². The molecular formula is C21H27N3O2. The van der Waals surface area contributed by atoms with E-state index in [1.165, 1.54) is 0 Å². The standard InChI is InChI=1S/C21H27N3O2/c1-15(2)21(26)24(3)14-16-9-11-18(12-10-16)20(25)23-13-19(22)17-7-5-4-6-8-17/h4-12,15,19H,13-14,22H2,1-3H3,(H,23,25). The van der Waals surface area contributed by atoms with Crippen molar-refractivity contribution in [2.45, 2.75) is 26.4 Å². The quantitative estimate of drug-likeness (QED) is 0.804. The fraction of sp³-hybridized carbons (Fsp3) is 0.333. The molecule has 0 spiro atoms. The van der Waals surface area contributed by atoms with Crippen LogP contribution >= 0.6 is 0 Å². The highest BCUT2D eigenvalue weighted by molar-refractivity contribution is 5.94. The second-order valence-corrected chi connectivity index (χ2v) is 6.77. The number of nitrogens with two attached hydrogens (primary N) is 1. The Bertz CT molecular complexity index is 727. The number of nitrogens with one attached hydrogen (secondary N) is 1. The Hall–Kier alpha value is -2.66. The van der Waals surface area contributed by atoms with Crippen molar-refractivity contribution in [2.75, 3.05) is 13.6 Å². The first-order valence-corrected chi connectivity index (χ1v) is 8.81. The van der Waals surface area contributed by atoms with Crippen molar-refractivity contribution in [3.8, 4) is 0 Å². The summed E-state index contributed by atoms with van der Waals surface area (Å²) in [5.74, 6) is -0.0878. The van der Waals surface area contributed by atoms with Gasteiger partial charge in [-0.05, 0) is 23.3 Å². The van der Waals surface area contributed by atoms with Gasteiger partial charge in [-0.3, -0.25) is 9.59 Å². The van der Waals surface area contributed by atoms with Gasteiger partial charge < -0.3 is 16.0 Å². The van der Waals surface area contributed by atoms with Crippen molar-refractivity contribution >= 4 is 11.8 Å². The summed E-state index contributed by atoms with van der Waals surface area (Å²) in [5.41, 5.74) is 8.65. The molecule has 2 rings (SSSR count). The van der Waals surface area contributed by atoms with Crippen LogP contribution in [0, 0.1) is 5.92 Å². The van der Waals surface area contributed by atoms with E-state index >= 15 is 0 Å². The van der Waals surface area contributed by atoms with Crippen LogP contribution in [0.3, 0.4) is 0 Å². The van der Waals surface area contributed by atoms with Gasteiger partial charge in [-0.25, -0.2) is 0 Å². The van der Waals surface area contributed by atoms with E-state index in [2.05, 4.69) is 5.32 Å². The van der Waals surface area contributed by atoms with Crippen LogP contribution in [0.2, 0.25) is 0 Å². The van der Waals surface area contributed by atoms with Crippen LogP contribution in [0.25, 0.3) is 0 Å². The highest BCUT2D eigenvalue weighted by Gasteiger charge is 2.14. The zero-order valence-electron chi connectivity index (χ0n) is 15.6. The molecular weight excluding hydrogens is 326 g/mol. The van der Waals surface area contributed by atoms with Crippen LogP contribution in [0.15, 0.2) is 54.6 Å². The molecule has 0 fully saturated rings. The monoisotopic (exact) mass is 353 g/mol. The van der Waals surface area contributed by atoms with Gasteiger partial charge in [0, 0.05) is 37.7 Å². The van der Waals surface area contributed by atoms with Crippen LogP contribution in [0.1, 0.15) is 41.4 Å². The Morgan fingerprint density at radius 3 is 2.23 bits per heavy atom. The summed E-state index contributed by atoms with van der Waals surface area (Å²) in [6.45, 7) is 4.66. The molecule has 5 nitrogen and oxygen atoms in total. The number of amides is 2. The average Bonchev–Trinajstić information content (AvgIpc) is 2.66. The van der Waals surface area contributed by atoms with Gasteiger partial charge in [-0.15, -0.1) is 0 Å². The first kappa shape index (κ1) is 19.7. The van der Waals surface area contributed by atoms with Gasteiger partial charge in [0.25, 0.3) is 5.91 Å². The third-order valence-corrected chi connectivity index (χ3v) is 4.22. The Labute approximate surface area is 155 Å². The molecule has 0 saturated heterocycles. The molecule has 1 unspecified atom stereocenters. The summed E-state index contributed by atoms with van der Waals surface area (Å²) in [5, 5.41) is 2.86. The van der Waals surface area contributed by atoms with Gasteiger partial charge in [0.05, 0.1) is 0 Å². The lowest BCUT2D eigenvalue weighted by atomic mass is 10.1. The van der Waals surface area contributed by atoms with Gasteiger partial charge >= 0.3 is 0 Å². The maximum Gasteiger partial charge on any atom is 0.251 e. The largest absolute Gasteiger partial charge is 0.350 e. The molecule has 3 N–H and O–H groups in total. The summed E-state index contributed by atoms with van der Waals surface area (Å²) in [4.78, 5) is 25.9. The van der Waals surface area contributed by atoms with Gasteiger partial charge in [0.15, 0.2) is 0 Å². The third kappa shape index (κ3) is 5.43. The molecule has 5 heteroatoms. The van der Waals surface area contributed by atoms with E-state index in [-0.39, 0.29) is 23.8 Å².